The van der Waals surface area contributed by atoms with Crippen molar-refractivity contribution in [3.05, 3.63) is 36.0 Å². The molecule has 0 unspecified atom stereocenters. The summed E-state index contributed by atoms with van der Waals surface area (Å²) < 4.78 is 12.9. The van der Waals surface area contributed by atoms with Gasteiger partial charge in [0.15, 0.2) is 0 Å². The van der Waals surface area contributed by atoms with Crippen LogP contribution in [-0.2, 0) is 6.54 Å². The van der Waals surface area contributed by atoms with Crippen LogP contribution in [0.3, 0.4) is 0 Å². The molecule has 0 atom stereocenters. The molecule has 0 saturated heterocycles. The lowest BCUT2D eigenvalue weighted by molar-refractivity contribution is 0.393. The number of rotatable bonds is 5. The second-order valence-electron chi connectivity index (χ2n) is 5.19. The first-order valence-corrected chi connectivity index (χ1v) is 6.76. The largest absolute Gasteiger partial charge is 0.497 e. The van der Waals surface area contributed by atoms with Crippen LogP contribution in [0, 0.1) is 17.2 Å². The first-order valence-electron chi connectivity index (χ1n) is 6.76. The van der Waals surface area contributed by atoms with Crippen LogP contribution < -0.4 is 15.2 Å². The van der Waals surface area contributed by atoms with Gasteiger partial charge in [0.1, 0.15) is 23.3 Å². The van der Waals surface area contributed by atoms with Gasteiger partial charge in [-0.3, -0.25) is 0 Å². The van der Waals surface area contributed by atoms with E-state index in [9.17, 15) is 5.26 Å². The second kappa shape index (κ2) is 6.23. The van der Waals surface area contributed by atoms with Crippen molar-refractivity contribution in [2.75, 3.05) is 12.8 Å². The van der Waals surface area contributed by atoms with E-state index in [1.807, 2.05) is 18.2 Å². The van der Waals surface area contributed by atoms with Crippen molar-refractivity contribution in [1.29, 1.82) is 5.26 Å². The van der Waals surface area contributed by atoms with Gasteiger partial charge in [0.05, 0.1) is 12.8 Å². The zero-order valence-corrected chi connectivity index (χ0v) is 12.5. The number of nitriles is 1. The standard InChI is InChI=1S/C16H19N3O2/c1-11(2)10-19-12(9-17)7-15(18)16(19)21-14-6-4-5-13(8-14)20-3/h4-8,11H,10,18H2,1-3H3. The van der Waals surface area contributed by atoms with Gasteiger partial charge in [0.25, 0.3) is 0 Å². The van der Waals surface area contributed by atoms with E-state index in [4.69, 9.17) is 15.2 Å². The normalized spacial score (nSPS) is 10.4. The molecule has 1 aromatic carbocycles. The smallest absolute Gasteiger partial charge is 0.224 e. The fourth-order valence-electron chi connectivity index (χ4n) is 2.08. The highest BCUT2D eigenvalue weighted by Crippen LogP contribution is 2.33. The molecule has 0 spiro atoms. The Morgan fingerprint density at radius 2 is 2.00 bits per heavy atom. The van der Waals surface area contributed by atoms with Gasteiger partial charge in [0.2, 0.25) is 5.88 Å². The lowest BCUT2D eigenvalue weighted by Gasteiger charge is -2.14. The van der Waals surface area contributed by atoms with Crippen molar-refractivity contribution in [3.63, 3.8) is 0 Å². The Bertz CT molecular complexity index is 669. The highest BCUT2D eigenvalue weighted by molar-refractivity contribution is 5.56. The SMILES string of the molecule is COc1cccc(Oc2c(N)cc(C#N)n2CC(C)C)c1. The molecule has 0 amide bonds. The zero-order valence-electron chi connectivity index (χ0n) is 12.5. The van der Waals surface area contributed by atoms with Gasteiger partial charge in [-0.1, -0.05) is 19.9 Å². The topological polar surface area (TPSA) is 73.2 Å². The number of nitrogen functional groups attached to an aromatic ring is 1. The van der Waals surface area contributed by atoms with Gasteiger partial charge in [-0.15, -0.1) is 0 Å². The fraction of sp³-hybridized carbons (Fsp3) is 0.312. The summed E-state index contributed by atoms with van der Waals surface area (Å²) in [4.78, 5) is 0. The summed E-state index contributed by atoms with van der Waals surface area (Å²) in [5, 5.41) is 9.22. The van der Waals surface area contributed by atoms with E-state index < -0.39 is 0 Å². The maximum absolute atomic E-state index is 9.22. The van der Waals surface area contributed by atoms with Crippen LogP contribution in [0.5, 0.6) is 17.4 Å². The monoisotopic (exact) mass is 285 g/mol. The molecule has 21 heavy (non-hydrogen) atoms. The van der Waals surface area contributed by atoms with E-state index in [-0.39, 0.29) is 0 Å². The number of anilines is 1. The van der Waals surface area contributed by atoms with E-state index in [1.54, 1.807) is 23.8 Å². The van der Waals surface area contributed by atoms with Crippen molar-refractivity contribution in [2.24, 2.45) is 5.92 Å². The van der Waals surface area contributed by atoms with Crippen LogP contribution in [-0.4, -0.2) is 11.7 Å². The fourth-order valence-corrected chi connectivity index (χ4v) is 2.08. The summed E-state index contributed by atoms with van der Waals surface area (Å²) in [6.07, 6.45) is 0. The van der Waals surface area contributed by atoms with Crippen molar-refractivity contribution < 1.29 is 9.47 Å². The van der Waals surface area contributed by atoms with Gasteiger partial charge in [0, 0.05) is 18.7 Å². The molecule has 2 rings (SSSR count). The minimum Gasteiger partial charge on any atom is -0.497 e. The summed E-state index contributed by atoms with van der Waals surface area (Å²) in [5.74, 6) is 2.19. The quantitative estimate of drug-likeness (QED) is 0.913. The van der Waals surface area contributed by atoms with Gasteiger partial charge >= 0.3 is 0 Å². The highest BCUT2D eigenvalue weighted by atomic mass is 16.5. The Balaban J connectivity index is 2.38. The van der Waals surface area contributed by atoms with Crippen LogP contribution >= 0.6 is 0 Å². The van der Waals surface area contributed by atoms with Crippen molar-refractivity contribution in [3.8, 4) is 23.4 Å². The number of ether oxygens (including phenoxy) is 2. The Kier molecular flexibility index (Phi) is 4.39. The Morgan fingerprint density at radius 3 is 2.62 bits per heavy atom. The lowest BCUT2D eigenvalue weighted by Crippen LogP contribution is -2.08. The molecular formula is C16H19N3O2. The van der Waals surface area contributed by atoms with Gasteiger partial charge in [-0.05, 0) is 18.1 Å². The molecule has 5 heteroatoms. The van der Waals surface area contributed by atoms with Gasteiger partial charge in [-0.25, -0.2) is 0 Å². The molecule has 5 nitrogen and oxygen atoms in total. The van der Waals surface area contributed by atoms with Crippen molar-refractivity contribution in [1.82, 2.24) is 4.57 Å². The molecule has 2 aromatic rings. The van der Waals surface area contributed by atoms with Crippen LogP contribution in [0.2, 0.25) is 0 Å². The molecule has 0 aliphatic carbocycles. The molecule has 0 fully saturated rings. The van der Waals surface area contributed by atoms with Crippen LogP contribution in [0.1, 0.15) is 19.5 Å². The average molecular weight is 285 g/mol. The number of benzene rings is 1. The predicted molar refractivity (Wildman–Crippen MR) is 81.5 cm³/mol. The van der Waals surface area contributed by atoms with E-state index in [0.29, 0.717) is 41.2 Å². The summed E-state index contributed by atoms with van der Waals surface area (Å²) >= 11 is 0. The third kappa shape index (κ3) is 3.29. The molecule has 0 aliphatic heterocycles. The summed E-state index contributed by atoms with van der Waals surface area (Å²) in [6, 6.07) is 11.1. The van der Waals surface area contributed by atoms with Crippen molar-refractivity contribution in [2.45, 2.75) is 20.4 Å². The number of nitrogens with two attached hydrogens (primary N) is 1. The van der Waals surface area contributed by atoms with E-state index in [0.717, 1.165) is 0 Å². The van der Waals surface area contributed by atoms with Gasteiger partial charge < -0.3 is 19.8 Å². The Morgan fingerprint density at radius 1 is 1.29 bits per heavy atom. The number of methoxy groups -OCH3 is 1. The number of hydrogen-bond acceptors (Lipinski definition) is 4. The maximum Gasteiger partial charge on any atom is 0.224 e. The highest BCUT2D eigenvalue weighted by Gasteiger charge is 2.16. The molecule has 1 heterocycles. The molecule has 110 valence electrons. The van der Waals surface area contributed by atoms with Crippen LogP contribution in [0.4, 0.5) is 5.69 Å². The minimum atomic E-state index is 0.372. The third-order valence-corrected chi connectivity index (χ3v) is 2.99. The first kappa shape index (κ1) is 14.8. The van der Waals surface area contributed by atoms with E-state index in [1.165, 1.54) is 0 Å². The van der Waals surface area contributed by atoms with Gasteiger partial charge in [-0.2, -0.15) is 5.26 Å². The van der Waals surface area contributed by atoms with Crippen LogP contribution in [0.15, 0.2) is 30.3 Å². The maximum atomic E-state index is 9.22. The number of hydrogen-bond donors (Lipinski definition) is 1. The minimum absolute atomic E-state index is 0.372. The zero-order chi connectivity index (χ0) is 15.4. The molecule has 0 aliphatic rings. The molecule has 0 saturated carbocycles. The Hall–Kier alpha value is -2.61. The summed E-state index contributed by atoms with van der Waals surface area (Å²) in [5.41, 5.74) is 6.94. The van der Waals surface area contributed by atoms with E-state index >= 15 is 0 Å². The van der Waals surface area contributed by atoms with Crippen LogP contribution in [0.25, 0.3) is 0 Å². The molecule has 1 aromatic heterocycles. The Labute approximate surface area is 124 Å². The third-order valence-electron chi connectivity index (χ3n) is 2.99. The molecule has 2 N–H and O–H groups in total. The average Bonchev–Trinajstić information content (AvgIpc) is 2.75. The first-order chi connectivity index (χ1) is 10.0. The second-order valence-corrected chi connectivity index (χ2v) is 5.19. The summed E-state index contributed by atoms with van der Waals surface area (Å²) in [6.45, 7) is 4.82. The summed E-state index contributed by atoms with van der Waals surface area (Å²) in [7, 11) is 1.60. The number of nitrogens with zero attached hydrogens (tertiary/aromatic N) is 2. The molecule has 0 bridgehead atoms. The number of aromatic nitrogens is 1. The molecular weight excluding hydrogens is 266 g/mol. The predicted octanol–water partition coefficient (Wildman–Crippen LogP) is 3.40. The molecule has 0 radical (unpaired) electrons. The van der Waals surface area contributed by atoms with E-state index in [2.05, 4.69) is 19.9 Å². The lowest BCUT2D eigenvalue weighted by atomic mass is 10.2. The van der Waals surface area contributed by atoms with Crippen molar-refractivity contribution >= 4 is 5.69 Å².